The zero-order valence-corrected chi connectivity index (χ0v) is 29.5. The Morgan fingerprint density at radius 3 is 1.93 bits per heavy atom. The second-order valence-electron chi connectivity index (χ2n) is 13.8. The van der Waals surface area contributed by atoms with Gasteiger partial charge in [-0.1, -0.05) is 115 Å². The molecule has 1 aliphatic heterocycles. The Morgan fingerprint density at radius 1 is 0.519 bits per heavy atom. The number of terminal acetylenes is 1. The van der Waals surface area contributed by atoms with Gasteiger partial charge in [-0.25, -0.2) is 4.98 Å². The van der Waals surface area contributed by atoms with Crippen LogP contribution in [0.2, 0.25) is 0 Å². The van der Waals surface area contributed by atoms with Gasteiger partial charge in [0.1, 0.15) is 5.82 Å². The van der Waals surface area contributed by atoms with Gasteiger partial charge in [0.2, 0.25) is 0 Å². The summed E-state index contributed by atoms with van der Waals surface area (Å²) in [4.78, 5) is 5.44. The van der Waals surface area contributed by atoms with Crippen molar-refractivity contribution in [2.45, 2.75) is 6.92 Å². The van der Waals surface area contributed by atoms with Crippen molar-refractivity contribution in [3.8, 4) is 63.0 Å². The molecule has 1 aliphatic rings. The minimum Gasteiger partial charge on any atom is -0.309 e. The molecule has 0 saturated carbocycles. The van der Waals surface area contributed by atoms with Gasteiger partial charge in [0, 0.05) is 33.0 Å². The Bertz CT molecular complexity index is 3250. The maximum absolute atomic E-state index is 6.16. The first-order valence-corrected chi connectivity index (χ1v) is 18.3. The first kappa shape index (κ1) is 30.3. The van der Waals surface area contributed by atoms with Crippen molar-refractivity contribution in [1.29, 1.82) is 0 Å². The van der Waals surface area contributed by atoms with Crippen LogP contribution in [0.1, 0.15) is 18.2 Å². The highest BCUT2D eigenvalue weighted by Crippen LogP contribution is 2.48. The summed E-state index contributed by atoms with van der Waals surface area (Å²) in [6.07, 6.45) is 10.3. The SMILES string of the molecule is C#Cc1c(/C=C\C)n(-c2ccc3c(c2)c2ccccc2n3-c2cccc3c2-c2nc4ccccc4n2-c2ccccc2-c2ccccc2-3)c2ccccc12. The predicted molar refractivity (Wildman–Crippen MR) is 225 cm³/mol. The van der Waals surface area contributed by atoms with Crippen LogP contribution in [0.4, 0.5) is 0 Å². The van der Waals surface area contributed by atoms with E-state index in [1.54, 1.807) is 0 Å². The van der Waals surface area contributed by atoms with E-state index in [1.807, 2.05) is 6.92 Å². The van der Waals surface area contributed by atoms with E-state index in [-0.39, 0.29) is 0 Å². The number of hydrogen-bond donors (Lipinski definition) is 0. The minimum atomic E-state index is 0.902. The van der Waals surface area contributed by atoms with Crippen LogP contribution in [-0.2, 0) is 0 Å². The van der Waals surface area contributed by atoms with E-state index < -0.39 is 0 Å². The summed E-state index contributed by atoms with van der Waals surface area (Å²) < 4.78 is 7.09. The fourth-order valence-electron chi connectivity index (χ4n) is 8.84. The van der Waals surface area contributed by atoms with E-state index in [2.05, 4.69) is 189 Å². The van der Waals surface area contributed by atoms with Gasteiger partial charge in [0.15, 0.2) is 0 Å². The zero-order chi connectivity index (χ0) is 35.9. The molecule has 3 aromatic heterocycles. The first-order chi connectivity index (χ1) is 26.7. The normalized spacial score (nSPS) is 12.1. The highest BCUT2D eigenvalue weighted by Gasteiger charge is 2.28. The van der Waals surface area contributed by atoms with Crippen molar-refractivity contribution >= 4 is 49.8 Å². The second kappa shape index (κ2) is 11.6. The van der Waals surface area contributed by atoms with Gasteiger partial charge in [-0.2, -0.15) is 0 Å². The number of para-hydroxylation sites is 5. The molecule has 0 unspecified atom stereocenters. The number of rotatable bonds is 3. The molecule has 0 radical (unpaired) electrons. The molecule has 0 saturated heterocycles. The lowest BCUT2D eigenvalue weighted by atomic mass is 9.88. The molecule has 0 aliphatic carbocycles. The average molecular weight is 689 g/mol. The van der Waals surface area contributed by atoms with Crippen LogP contribution in [0.15, 0.2) is 164 Å². The van der Waals surface area contributed by atoms with E-state index in [1.165, 1.54) is 22.1 Å². The van der Waals surface area contributed by atoms with E-state index in [0.29, 0.717) is 0 Å². The lowest BCUT2D eigenvalue weighted by Crippen LogP contribution is -2.07. The molecule has 4 heterocycles. The summed E-state index contributed by atoms with van der Waals surface area (Å²) in [7, 11) is 0. The molecule has 0 amide bonds. The van der Waals surface area contributed by atoms with Crippen LogP contribution in [0.25, 0.3) is 101 Å². The maximum atomic E-state index is 6.16. The van der Waals surface area contributed by atoms with Crippen molar-refractivity contribution in [2.24, 2.45) is 0 Å². The summed E-state index contributed by atoms with van der Waals surface area (Å²) in [5.74, 6) is 3.91. The van der Waals surface area contributed by atoms with Crippen LogP contribution >= 0.6 is 0 Å². The quantitative estimate of drug-likeness (QED) is 0.170. The summed E-state index contributed by atoms with van der Waals surface area (Å²) in [6.45, 7) is 2.04. The summed E-state index contributed by atoms with van der Waals surface area (Å²) in [5.41, 5.74) is 16.3. The standard InChI is InChI=1S/C50H32N4/c1-3-16-42-33(4-2)36-19-7-11-24-43(36)52(42)32-29-30-46-40(31-32)38-21-9-12-25-44(38)53(46)48-28-15-22-39-35-18-6-5-17-34(35)37-20-8-13-26-45(37)54-47-27-14-10-23-41(47)51-50(54)49(39)48/h2-3,5-31H,1H3/b16-3-. The van der Waals surface area contributed by atoms with Gasteiger partial charge < -0.3 is 9.13 Å². The van der Waals surface area contributed by atoms with Gasteiger partial charge in [-0.15, -0.1) is 6.42 Å². The number of nitrogens with zero attached hydrogens (tertiary/aromatic N) is 4. The predicted octanol–water partition coefficient (Wildman–Crippen LogP) is 12.4. The molecule has 11 rings (SSSR count). The third-order valence-electron chi connectivity index (χ3n) is 11.0. The Balaban J connectivity index is 1.25. The molecule has 4 nitrogen and oxygen atoms in total. The van der Waals surface area contributed by atoms with Crippen molar-refractivity contribution in [2.75, 3.05) is 0 Å². The highest BCUT2D eigenvalue weighted by atomic mass is 15.1. The first-order valence-electron chi connectivity index (χ1n) is 18.3. The fourth-order valence-corrected chi connectivity index (χ4v) is 8.84. The molecule has 10 aromatic rings. The molecule has 0 bridgehead atoms. The third-order valence-corrected chi connectivity index (χ3v) is 11.0. The lowest BCUT2D eigenvalue weighted by Gasteiger charge is -2.24. The minimum absolute atomic E-state index is 0.902. The monoisotopic (exact) mass is 688 g/mol. The molecule has 0 spiro atoms. The summed E-state index contributed by atoms with van der Waals surface area (Å²) in [5, 5.41) is 3.42. The number of fused-ring (bicyclic) bond motifs is 14. The number of hydrogen-bond acceptors (Lipinski definition) is 1. The van der Waals surface area contributed by atoms with E-state index >= 15 is 0 Å². The summed E-state index contributed by atoms with van der Waals surface area (Å²) >= 11 is 0. The molecular weight excluding hydrogens is 657 g/mol. The van der Waals surface area contributed by atoms with Crippen molar-refractivity contribution in [1.82, 2.24) is 18.7 Å². The molecule has 252 valence electrons. The van der Waals surface area contributed by atoms with Crippen molar-refractivity contribution in [3.63, 3.8) is 0 Å². The zero-order valence-electron chi connectivity index (χ0n) is 29.5. The second-order valence-corrected chi connectivity index (χ2v) is 13.8. The van der Waals surface area contributed by atoms with Crippen LogP contribution in [-0.4, -0.2) is 18.7 Å². The Hall–Kier alpha value is -7.35. The molecule has 54 heavy (non-hydrogen) atoms. The Labute approximate surface area is 312 Å². The van der Waals surface area contributed by atoms with E-state index in [9.17, 15) is 0 Å². The average Bonchev–Trinajstić information content (AvgIpc) is 3.87. The largest absolute Gasteiger partial charge is 0.309 e. The van der Waals surface area contributed by atoms with E-state index in [0.717, 1.165) is 83.6 Å². The van der Waals surface area contributed by atoms with Gasteiger partial charge in [0.25, 0.3) is 0 Å². The number of allylic oxidation sites excluding steroid dienone is 1. The van der Waals surface area contributed by atoms with Crippen LogP contribution < -0.4 is 0 Å². The third kappa shape index (κ3) is 4.12. The van der Waals surface area contributed by atoms with E-state index in [4.69, 9.17) is 11.4 Å². The molecule has 4 heteroatoms. The number of aromatic nitrogens is 4. The van der Waals surface area contributed by atoms with Crippen molar-refractivity contribution < 1.29 is 0 Å². The lowest BCUT2D eigenvalue weighted by molar-refractivity contribution is 1.08. The van der Waals surface area contributed by atoms with Crippen molar-refractivity contribution in [3.05, 3.63) is 175 Å². The smallest absolute Gasteiger partial charge is 0.148 e. The van der Waals surface area contributed by atoms with Crippen LogP contribution in [0.5, 0.6) is 0 Å². The van der Waals surface area contributed by atoms with Gasteiger partial charge in [-0.3, -0.25) is 4.57 Å². The van der Waals surface area contributed by atoms with Gasteiger partial charge in [-0.05, 0) is 84.3 Å². The number of imidazole rings is 1. The topological polar surface area (TPSA) is 27.7 Å². The maximum Gasteiger partial charge on any atom is 0.148 e. The molecule has 0 N–H and O–H groups in total. The molecule has 0 atom stereocenters. The Morgan fingerprint density at radius 2 is 1.13 bits per heavy atom. The molecule has 0 fully saturated rings. The highest BCUT2D eigenvalue weighted by molar-refractivity contribution is 6.11. The summed E-state index contributed by atoms with van der Waals surface area (Å²) in [6, 6.07) is 56.6. The van der Waals surface area contributed by atoms with Gasteiger partial charge in [0.05, 0.1) is 50.2 Å². The Kier molecular flexibility index (Phi) is 6.50. The fraction of sp³-hybridized carbons (Fsp3) is 0.0200. The van der Waals surface area contributed by atoms with Crippen LogP contribution in [0, 0.1) is 12.3 Å². The van der Waals surface area contributed by atoms with Gasteiger partial charge >= 0.3 is 0 Å². The molecular formula is C50H32N4. The number of benzene rings is 7. The van der Waals surface area contributed by atoms with Crippen LogP contribution in [0.3, 0.4) is 0 Å². The molecule has 7 aromatic carbocycles.